The first-order valence-corrected chi connectivity index (χ1v) is 12.5. The second kappa shape index (κ2) is 12.8. The van der Waals surface area contributed by atoms with Crippen molar-refractivity contribution in [2.45, 2.75) is 76.4 Å². The Morgan fingerprint density at radius 3 is 2.70 bits per heavy atom. The van der Waals surface area contributed by atoms with Crippen molar-refractivity contribution in [3.63, 3.8) is 0 Å². The minimum Gasteiger partial charge on any atom is -0.391 e. The van der Waals surface area contributed by atoms with E-state index < -0.39 is 6.10 Å². The van der Waals surface area contributed by atoms with Crippen LogP contribution >= 0.6 is 0 Å². The van der Waals surface area contributed by atoms with E-state index in [-0.39, 0.29) is 17.9 Å². The molecule has 2 amide bonds. The van der Waals surface area contributed by atoms with Crippen LogP contribution in [0.2, 0.25) is 0 Å². The van der Waals surface area contributed by atoms with Crippen molar-refractivity contribution in [1.29, 1.82) is 0 Å². The Morgan fingerprint density at radius 2 is 2.03 bits per heavy atom. The van der Waals surface area contributed by atoms with E-state index in [2.05, 4.69) is 10.3 Å². The van der Waals surface area contributed by atoms with Gasteiger partial charge in [-0.1, -0.05) is 56.7 Å². The standard InChI is InChI=1S/C26H40N4O3/c1-28-26(33)21(12-7-8-14-27)16-24(32)23(15-19-9-3-2-4-10-19)30(18-31)25-17-20-11-5-6-13-22(20)29-25/h5-6,11,13,17-19,21,23-24,29,32H,2-4,7-10,12,14-16,27H2,1H3,(H,28,33)/t21-,23+,24+/m1/s1. The van der Waals surface area contributed by atoms with Gasteiger partial charge in [0, 0.05) is 23.9 Å². The second-order valence-corrected chi connectivity index (χ2v) is 9.46. The summed E-state index contributed by atoms with van der Waals surface area (Å²) >= 11 is 0. The van der Waals surface area contributed by atoms with Crippen LogP contribution in [0.4, 0.5) is 5.82 Å². The number of amides is 2. The zero-order valence-electron chi connectivity index (χ0n) is 19.8. The van der Waals surface area contributed by atoms with Crippen molar-refractivity contribution < 1.29 is 14.7 Å². The summed E-state index contributed by atoms with van der Waals surface area (Å²) in [5, 5.41) is 15.2. The molecule has 1 saturated carbocycles. The maximum atomic E-state index is 12.5. The highest BCUT2D eigenvalue weighted by Gasteiger charge is 2.33. The zero-order chi connectivity index (χ0) is 23.6. The molecule has 0 aliphatic heterocycles. The summed E-state index contributed by atoms with van der Waals surface area (Å²) in [6, 6.07) is 9.48. The lowest BCUT2D eigenvalue weighted by Crippen LogP contribution is -2.46. The zero-order valence-corrected chi connectivity index (χ0v) is 19.8. The highest BCUT2D eigenvalue weighted by molar-refractivity contribution is 5.88. The summed E-state index contributed by atoms with van der Waals surface area (Å²) in [6.45, 7) is 0.590. The third-order valence-corrected chi connectivity index (χ3v) is 7.16. The SMILES string of the molecule is CNC(=O)[C@H](CCCCN)C[C@H](O)[C@H](CC1CCCCC1)N(C=O)c1cc2ccccc2[nH]1. The summed E-state index contributed by atoms with van der Waals surface area (Å²) in [6.07, 6.45) is 9.34. The number of aromatic amines is 1. The molecule has 7 heteroatoms. The van der Waals surface area contributed by atoms with Crippen molar-refractivity contribution in [1.82, 2.24) is 10.3 Å². The van der Waals surface area contributed by atoms with Crippen LogP contribution in [0.3, 0.4) is 0 Å². The summed E-state index contributed by atoms with van der Waals surface area (Å²) in [4.78, 5) is 29.9. The van der Waals surface area contributed by atoms with Gasteiger partial charge in [0.15, 0.2) is 0 Å². The fourth-order valence-electron chi connectivity index (χ4n) is 5.27. The van der Waals surface area contributed by atoms with Gasteiger partial charge in [-0.15, -0.1) is 0 Å². The van der Waals surface area contributed by atoms with Gasteiger partial charge in [0.25, 0.3) is 0 Å². The number of anilines is 1. The smallest absolute Gasteiger partial charge is 0.222 e. The monoisotopic (exact) mass is 456 g/mol. The lowest BCUT2D eigenvalue weighted by Gasteiger charge is -2.36. The molecule has 0 radical (unpaired) electrons. The number of H-pyrrole nitrogens is 1. The van der Waals surface area contributed by atoms with Gasteiger partial charge in [-0.25, -0.2) is 0 Å². The summed E-state index contributed by atoms with van der Waals surface area (Å²) < 4.78 is 0. The average Bonchev–Trinajstić information content (AvgIpc) is 3.27. The molecule has 0 spiro atoms. The number of carbonyl (C=O) groups excluding carboxylic acids is 2. The van der Waals surface area contributed by atoms with Gasteiger partial charge in [0.2, 0.25) is 12.3 Å². The van der Waals surface area contributed by atoms with E-state index in [9.17, 15) is 14.7 Å². The first-order chi connectivity index (χ1) is 16.1. The van der Waals surface area contributed by atoms with E-state index in [1.54, 1.807) is 11.9 Å². The lowest BCUT2D eigenvalue weighted by atomic mass is 9.81. The maximum absolute atomic E-state index is 12.5. The third-order valence-electron chi connectivity index (χ3n) is 7.16. The Bertz CT molecular complexity index is 844. The van der Waals surface area contributed by atoms with Crippen LogP contribution in [0.1, 0.15) is 64.2 Å². The number of fused-ring (bicyclic) bond motifs is 1. The van der Waals surface area contributed by atoms with Gasteiger partial charge in [-0.2, -0.15) is 0 Å². The van der Waals surface area contributed by atoms with E-state index in [1.165, 1.54) is 19.3 Å². The number of hydrogen-bond acceptors (Lipinski definition) is 4. The molecule has 0 bridgehead atoms. The number of unbranched alkanes of at least 4 members (excludes halogenated alkanes) is 1. The Labute approximate surface area is 197 Å². The number of benzene rings is 1. The number of carbonyl (C=O) groups is 2. The first kappa shape index (κ1) is 25.2. The highest BCUT2D eigenvalue weighted by Crippen LogP contribution is 2.33. The fraction of sp³-hybridized carbons (Fsp3) is 0.615. The third kappa shape index (κ3) is 6.81. The van der Waals surface area contributed by atoms with E-state index in [0.29, 0.717) is 31.1 Å². The molecule has 33 heavy (non-hydrogen) atoms. The van der Waals surface area contributed by atoms with E-state index in [1.807, 2.05) is 30.3 Å². The molecule has 1 heterocycles. The molecule has 182 valence electrons. The number of nitrogens with one attached hydrogen (secondary N) is 2. The Morgan fingerprint density at radius 1 is 1.27 bits per heavy atom. The highest BCUT2D eigenvalue weighted by atomic mass is 16.3. The van der Waals surface area contributed by atoms with Gasteiger partial charge in [-0.3, -0.25) is 14.5 Å². The summed E-state index contributed by atoms with van der Waals surface area (Å²) in [5.41, 5.74) is 6.59. The molecule has 3 atom stereocenters. The quantitative estimate of drug-likeness (QED) is 0.272. The van der Waals surface area contributed by atoms with Crippen LogP contribution in [-0.4, -0.2) is 48.1 Å². The minimum absolute atomic E-state index is 0.0641. The lowest BCUT2D eigenvalue weighted by molar-refractivity contribution is -0.126. The van der Waals surface area contributed by atoms with Gasteiger partial charge in [0.1, 0.15) is 5.82 Å². The molecule has 5 N–H and O–H groups in total. The van der Waals surface area contributed by atoms with Crippen LogP contribution in [-0.2, 0) is 9.59 Å². The van der Waals surface area contributed by atoms with Crippen molar-refractivity contribution in [2.75, 3.05) is 18.5 Å². The maximum Gasteiger partial charge on any atom is 0.222 e. The predicted octanol–water partition coefficient (Wildman–Crippen LogP) is 3.71. The van der Waals surface area contributed by atoms with Crippen molar-refractivity contribution >= 4 is 29.0 Å². The van der Waals surface area contributed by atoms with Gasteiger partial charge in [0.05, 0.1) is 12.1 Å². The van der Waals surface area contributed by atoms with E-state index in [4.69, 9.17) is 5.73 Å². The molecule has 1 aromatic carbocycles. The van der Waals surface area contributed by atoms with Crippen LogP contribution in [0.5, 0.6) is 0 Å². The minimum atomic E-state index is -0.802. The van der Waals surface area contributed by atoms with Crippen LogP contribution in [0, 0.1) is 11.8 Å². The fourth-order valence-corrected chi connectivity index (χ4v) is 5.27. The molecule has 1 aliphatic carbocycles. The van der Waals surface area contributed by atoms with E-state index in [0.717, 1.165) is 49.4 Å². The van der Waals surface area contributed by atoms with Gasteiger partial charge in [-0.05, 0) is 50.3 Å². The van der Waals surface area contributed by atoms with Crippen molar-refractivity contribution in [3.05, 3.63) is 30.3 Å². The number of nitrogens with two attached hydrogens (primary N) is 1. The second-order valence-electron chi connectivity index (χ2n) is 9.46. The summed E-state index contributed by atoms with van der Waals surface area (Å²) in [7, 11) is 1.63. The molecule has 2 aromatic rings. The largest absolute Gasteiger partial charge is 0.391 e. The van der Waals surface area contributed by atoms with Crippen LogP contribution in [0.15, 0.2) is 30.3 Å². The number of aromatic nitrogens is 1. The number of aliphatic hydroxyl groups excluding tert-OH is 1. The van der Waals surface area contributed by atoms with Crippen molar-refractivity contribution in [3.8, 4) is 0 Å². The molecule has 0 saturated heterocycles. The number of para-hydroxylation sites is 1. The first-order valence-electron chi connectivity index (χ1n) is 12.5. The van der Waals surface area contributed by atoms with E-state index >= 15 is 0 Å². The Balaban J connectivity index is 1.84. The number of nitrogens with zero attached hydrogens (tertiary/aromatic N) is 1. The van der Waals surface area contributed by atoms with Crippen molar-refractivity contribution in [2.24, 2.45) is 17.6 Å². The molecule has 3 rings (SSSR count). The summed E-state index contributed by atoms with van der Waals surface area (Å²) in [5.74, 6) is 0.791. The van der Waals surface area contributed by atoms with Crippen LogP contribution in [0.25, 0.3) is 10.9 Å². The molecular weight excluding hydrogens is 416 g/mol. The number of rotatable bonds is 13. The predicted molar refractivity (Wildman–Crippen MR) is 133 cm³/mol. The number of hydrogen-bond donors (Lipinski definition) is 4. The van der Waals surface area contributed by atoms with Crippen LogP contribution < -0.4 is 16.0 Å². The Hall–Kier alpha value is -2.38. The molecule has 7 nitrogen and oxygen atoms in total. The van der Waals surface area contributed by atoms with Gasteiger partial charge < -0.3 is 21.1 Å². The molecular formula is C26H40N4O3. The molecule has 1 aliphatic rings. The average molecular weight is 457 g/mol. The van der Waals surface area contributed by atoms with Gasteiger partial charge >= 0.3 is 0 Å². The normalized spacial score (nSPS) is 17.4. The molecule has 0 unspecified atom stereocenters. The Kier molecular flexibility index (Phi) is 9.76. The molecule has 1 fully saturated rings. The molecule has 1 aromatic heterocycles. The topological polar surface area (TPSA) is 111 Å². The number of aliphatic hydroxyl groups is 1.